The zero-order chi connectivity index (χ0) is 19.1. The highest BCUT2D eigenvalue weighted by Gasteiger charge is 2.21. The summed E-state index contributed by atoms with van der Waals surface area (Å²) >= 11 is 0. The molecule has 1 aromatic carbocycles. The van der Waals surface area contributed by atoms with Gasteiger partial charge in [0.1, 0.15) is 11.6 Å². The number of anilines is 2. The molecule has 0 radical (unpaired) electrons. The molecular formula is C21H23N7. The lowest BCUT2D eigenvalue weighted by Crippen LogP contribution is -2.41. The smallest absolute Gasteiger partial charge is 0.167 e. The van der Waals surface area contributed by atoms with Crippen LogP contribution in [0.2, 0.25) is 0 Å². The molecule has 4 aromatic rings. The Morgan fingerprint density at radius 2 is 1.93 bits per heavy atom. The van der Waals surface area contributed by atoms with Crippen molar-refractivity contribution in [2.24, 2.45) is 0 Å². The number of benzene rings is 1. The van der Waals surface area contributed by atoms with Gasteiger partial charge in [0.2, 0.25) is 0 Å². The molecule has 7 heteroatoms. The van der Waals surface area contributed by atoms with Crippen molar-refractivity contribution in [1.82, 2.24) is 24.9 Å². The van der Waals surface area contributed by atoms with Gasteiger partial charge < -0.3 is 16.0 Å². The van der Waals surface area contributed by atoms with Gasteiger partial charge in [-0.3, -0.25) is 4.98 Å². The molecule has 1 aliphatic rings. The van der Waals surface area contributed by atoms with Gasteiger partial charge in [-0.15, -0.1) is 0 Å². The molecule has 0 spiro atoms. The first-order valence-corrected chi connectivity index (χ1v) is 9.64. The van der Waals surface area contributed by atoms with Crippen molar-refractivity contribution in [3.63, 3.8) is 0 Å². The summed E-state index contributed by atoms with van der Waals surface area (Å²) in [6.45, 7) is 1.93. The third-order valence-electron chi connectivity index (χ3n) is 5.61. The van der Waals surface area contributed by atoms with Crippen LogP contribution < -0.4 is 16.0 Å². The summed E-state index contributed by atoms with van der Waals surface area (Å²) in [6.07, 6.45) is 5.90. The molecular weight excluding hydrogens is 350 g/mol. The van der Waals surface area contributed by atoms with Gasteiger partial charge in [-0.1, -0.05) is 18.2 Å². The third-order valence-corrected chi connectivity index (χ3v) is 5.61. The second kappa shape index (κ2) is 6.76. The van der Waals surface area contributed by atoms with Gasteiger partial charge in [0, 0.05) is 47.9 Å². The Labute approximate surface area is 163 Å². The fourth-order valence-electron chi connectivity index (χ4n) is 3.95. The maximum Gasteiger partial charge on any atom is 0.167 e. The monoisotopic (exact) mass is 373 g/mol. The Balaban J connectivity index is 1.57. The number of nitrogens with one attached hydrogen (secondary N) is 1. The molecule has 0 unspecified atom stereocenters. The Kier molecular flexibility index (Phi) is 4.09. The first kappa shape index (κ1) is 16.9. The molecule has 7 nitrogen and oxygen atoms in total. The fraction of sp³-hybridized carbons (Fsp3) is 0.286. The van der Waals surface area contributed by atoms with Crippen LogP contribution in [0, 0.1) is 0 Å². The van der Waals surface area contributed by atoms with Crippen LogP contribution in [0.1, 0.15) is 12.8 Å². The number of hydrogen-bond donors (Lipinski definition) is 2. The lowest BCUT2D eigenvalue weighted by molar-refractivity contribution is 0.441. The Morgan fingerprint density at radius 3 is 2.75 bits per heavy atom. The van der Waals surface area contributed by atoms with E-state index in [1.54, 1.807) is 4.52 Å². The van der Waals surface area contributed by atoms with Crippen molar-refractivity contribution >= 4 is 28.2 Å². The highest BCUT2D eigenvalue weighted by Crippen LogP contribution is 2.29. The van der Waals surface area contributed by atoms with Crippen LogP contribution >= 0.6 is 0 Å². The maximum absolute atomic E-state index is 6.30. The van der Waals surface area contributed by atoms with Crippen molar-refractivity contribution in [3.8, 4) is 11.1 Å². The van der Waals surface area contributed by atoms with E-state index in [9.17, 15) is 0 Å². The maximum atomic E-state index is 6.30. The van der Waals surface area contributed by atoms with E-state index in [1.165, 1.54) is 0 Å². The number of nitrogens with two attached hydrogens (primary N) is 1. The van der Waals surface area contributed by atoms with Crippen molar-refractivity contribution in [1.29, 1.82) is 0 Å². The van der Waals surface area contributed by atoms with E-state index in [4.69, 9.17) is 10.7 Å². The van der Waals surface area contributed by atoms with E-state index in [1.807, 2.05) is 43.7 Å². The molecule has 1 fully saturated rings. The number of para-hydroxylation sites is 1. The van der Waals surface area contributed by atoms with Crippen LogP contribution in [0.25, 0.3) is 27.7 Å². The number of hydrogen-bond acceptors (Lipinski definition) is 6. The largest absolute Gasteiger partial charge is 0.383 e. The second-order valence-corrected chi connectivity index (χ2v) is 7.30. The summed E-state index contributed by atoms with van der Waals surface area (Å²) in [5, 5.41) is 8.92. The van der Waals surface area contributed by atoms with Crippen LogP contribution in [0.4, 0.5) is 11.6 Å². The minimum atomic E-state index is 0.575. The third kappa shape index (κ3) is 2.84. The molecule has 28 heavy (non-hydrogen) atoms. The topological polar surface area (TPSA) is 84.4 Å². The molecule has 0 aliphatic carbocycles. The second-order valence-electron chi connectivity index (χ2n) is 7.30. The summed E-state index contributed by atoms with van der Waals surface area (Å²) in [5.41, 5.74) is 9.98. The average Bonchev–Trinajstić information content (AvgIpc) is 3.18. The standard InChI is InChI=1S/C21H23N7/c1-23-16-6-8-27(9-7-16)20-11-19(22)28-21(26-20)17(13-25-28)15-10-14-4-2-3-5-18(14)24-12-15/h2-5,10-13,16,23H,6-9,22H2,1H3. The van der Waals surface area contributed by atoms with Gasteiger partial charge in [0.05, 0.1) is 11.7 Å². The predicted molar refractivity (Wildman–Crippen MR) is 112 cm³/mol. The molecule has 0 saturated carbocycles. The summed E-state index contributed by atoms with van der Waals surface area (Å²) in [6, 6.07) is 12.7. The van der Waals surface area contributed by atoms with Crippen molar-refractivity contribution in [3.05, 3.63) is 48.8 Å². The first-order chi connectivity index (χ1) is 13.7. The van der Waals surface area contributed by atoms with Gasteiger partial charge in [-0.05, 0) is 32.0 Å². The molecule has 1 saturated heterocycles. The Hall–Kier alpha value is -3.19. The lowest BCUT2D eigenvalue weighted by atomic mass is 10.1. The van der Waals surface area contributed by atoms with Gasteiger partial charge in [0.15, 0.2) is 5.65 Å². The van der Waals surface area contributed by atoms with E-state index in [0.29, 0.717) is 11.9 Å². The normalized spacial score (nSPS) is 15.5. The molecule has 0 atom stereocenters. The van der Waals surface area contributed by atoms with Gasteiger partial charge >= 0.3 is 0 Å². The predicted octanol–water partition coefficient (Wildman–Crippen LogP) is 2.71. The number of rotatable bonds is 3. The quantitative estimate of drug-likeness (QED) is 0.574. The molecule has 0 amide bonds. The number of pyridine rings is 1. The van der Waals surface area contributed by atoms with Crippen LogP contribution in [0.15, 0.2) is 48.8 Å². The average molecular weight is 373 g/mol. The van der Waals surface area contributed by atoms with Crippen LogP contribution in [-0.4, -0.2) is 45.8 Å². The van der Waals surface area contributed by atoms with Crippen molar-refractivity contribution in [2.45, 2.75) is 18.9 Å². The highest BCUT2D eigenvalue weighted by molar-refractivity contribution is 5.87. The van der Waals surface area contributed by atoms with Gasteiger partial charge in [0.25, 0.3) is 0 Å². The van der Waals surface area contributed by atoms with Crippen LogP contribution in [0.5, 0.6) is 0 Å². The number of nitrogens with zero attached hydrogens (tertiary/aromatic N) is 5. The summed E-state index contributed by atoms with van der Waals surface area (Å²) in [4.78, 5) is 11.8. The van der Waals surface area contributed by atoms with E-state index in [-0.39, 0.29) is 0 Å². The minimum Gasteiger partial charge on any atom is -0.383 e. The molecule has 3 N–H and O–H groups in total. The molecule has 0 bridgehead atoms. The number of aromatic nitrogens is 4. The Morgan fingerprint density at radius 1 is 1.11 bits per heavy atom. The number of piperidine rings is 1. The number of fused-ring (bicyclic) bond motifs is 2. The number of nitrogen functional groups attached to an aromatic ring is 1. The van der Waals surface area contributed by atoms with E-state index < -0.39 is 0 Å². The van der Waals surface area contributed by atoms with E-state index in [2.05, 4.69) is 32.4 Å². The van der Waals surface area contributed by atoms with E-state index >= 15 is 0 Å². The summed E-state index contributed by atoms with van der Waals surface area (Å²) in [7, 11) is 2.03. The minimum absolute atomic E-state index is 0.575. The fourth-order valence-corrected chi connectivity index (χ4v) is 3.95. The highest BCUT2D eigenvalue weighted by atomic mass is 15.3. The zero-order valence-electron chi connectivity index (χ0n) is 15.8. The molecule has 4 heterocycles. The molecule has 5 rings (SSSR count). The van der Waals surface area contributed by atoms with Crippen LogP contribution in [0.3, 0.4) is 0 Å². The molecule has 3 aromatic heterocycles. The van der Waals surface area contributed by atoms with E-state index in [0.717, 1.165) is 59.4 Å². The van der Waals surface area contributed by atoms with Gasteiger partial charge in [-0.2, -0.15) is 9.61 Å². The lowest BCUT2D eigenvalue weighted by Gasteiger charge is -2.32. The molecule has 142 valence electrons. The van der Waals surface area contributed by atoms with Gasteiger partial charge in [-0.25, -0.2) is 4.98 Å². The SMILES string of the molecule is CNC1CCN(c2cc(N)n3ncc(-c4cnc5ccccc5c4)c3n2)CC1. The first-order valence-electron chi connectivity index (χ1n) is 9.64. The summed E-state index contributed by atoms with van der Waals surface area (Å²) in [5.74, 6) is 1.51. The van der Waals surface area contributed by atoms with Crippen molar-refractivity contribution < 1.29 is 0 Å². The summed E-state index contributed by atoms with van der Waals surface area (Å²) < 4.78 is 1.70. The zero-order valence-corrected chi connectivity index (χ0v) is 15.8. The van der Waals surface area contributed by atoms with Crippen LogP contribution in [-0.2, 0) is 0 Å². The van der Waals surface area contributed by atoms with Crippen molar-refractivity contribution in [2.75, 3.05) is 30.8 Å². The Bertz CT molecular complexity index is 1140. The molecule has 1 aliphatic heterocycles.